The maximum Gasteiger partial charge on any atom is 0.275 e. The first kappa shape index (κ1) is 17.0. The molecule has 0 radical (unpaired) electrons. The van der Waals surface area contributed by atoms with E-state index in [-0.39, 0.29) is 5.91 Å². The summed E-state index contributed by atoms with van der Waals surface area (Å²) in [5.41, 5.74) is 1.42. The van der Waals surface area contributed by atoms with Crippen LogP contribution in [0.3, 0.4) is 0 Å². The fourth-order valence-corrected chi connectivity index (χ4v) is 6.03. The Balaban J connectivity index is 1.41. The molecule has 0 bridgehead atoms. The quantitative estimate of drug-likeness (QED) is 0.668. The molecule has 0 aromatic carbocycles. The van der Waals surface area contributed by atoms with Gasteiger partial charge in [0.2, 0.25) is 0 Å². The molecule has 1 amide bonds. The zero-order chi connectivity index (χ0) is 17.1. The maximum atomic E-state index is 12.5. The van der Waals surface area contributed by atoms with Crippen LogP contribution in [0.4, 0.5) is 0 Å². The van der Waals surface area contributed by atoms with E-state index in [2.05, 4.69) is 51.8 Å². The zero-order valence-corrected chi connectivity index (χ0v) is 16.3. The number of carbonyl (C=O) groups excluding carboxylic acids is 1. The van der Waals surface area contributed by atoms with Gasteiger partial charge in [0.1, 0.15) is 6.04 Å². The Labute approximate surface area is 159 Å². The van der Waals surface area contributed by atoms with Crippen LogP contribution >= 0.6 is 34.0 Å². The van der Waals surface area contributed by atoms with E-state index in [9.17, 15) is 4.79 Å². The van der Waals surface area contributed by atoms with Crippen molar-refractivity contribution in [3.63, 3.8) is 0 Å². The van der Waals surface area contributed by atoms with E-state index in [0.29, 0.717) is 12.6 Å². The highest BCUT2D eigenvalue weighted by Crippen LogP contribution is 2.31. The van der Waals surface area contributed by atoms with Crippen molar-refractivity contribution < 1.29 is 9.69 Å². The third kappa shape index (κ3) is 3.87. The molecule has 0 aliphatic carbocycles. The summed E-state index contributed by atoms with van der Waals surface area (Å²) in [5.74, 6) is 0.159. The van der Waals surface area contributed by atoms with Gasteiger partial charge in [-0.15, -0.1) is 34.0 Å². The molecule has 0 spiro atoms. The third-order valence-electron chi connectivity index (χ3n) is 4.66. The summed E-state index contributed by atoms with van der Waals surface area (Å²) >= 11 is 5.40. The third-order valence-corrected chi connectivity index (χ3v) is 7.53. The Hall–Kier alpha value is -1.47. The molecule has 4 heterocycles. The van der Waals surface area contributed by atoms with E-state index in [1.165, 1.54) is 25.1 Å². The molecule has 6 heteroatoms. The van der Waals surface area contributed by atoms with Gasteiger partial charge in [0, 0.05) is 28.3 Å². The predicted molar refractivity (Wildman–Crippen MR) is 106 cm³/mol. The predicted octanol–water partition coefficient (Wildman–Crippen LogP) is 2.76. The van der Waals surface area contributed by atoms with E-state index in [4.69, 9.17) is 0 Å². The van der Waals surface area contributed by atoms with Gasteiger partial charge < -0.3 is 10.2 Å². The molecular weight excluding hydrogens is 368 g/mol. The number of rotatable bonds is 6. The van der Waals surface area contributed by atoms with Gasteiger partial charge in [0.15, 0.2) is 6.54 Å². The molecule has 0 saturated carbocycles. The molecule has 4 rings (SSSR count). The number of hydrogen-bond acceptors (Lipinski definition) is 4. The van der Waals surface area contributed by atoms with Gasteiger partial charge in [-0.3, -0.25) is 4.79 Å². The van der Waals surface area contributed by atoms with Crippen LogP contribution in [-0.2, 0) is 17.6 Å². The lowest BCUT2D eigenvalue weighted by Crippen LogP contribution is -3.14. The van der Waals surface area contributed by atoms with Crippen molar-refractivity contribution in [1.82, 2.24) is 5.32 Å². The SMILES string of the molecule is O=C(C[NH+]1CCc2sccc2[C@H]1c1cccs1)NCCc1cccs1. The van der Waals surface area contributed by atoms with Gasteiger partial charge in [-0.1, -0.05) is 12.1 Å². The molecule has 0 fully saturated rings. The van der Waals surface area contributed by atoms with Crippen molar-refractivity contribution in [3.8, 4) is 0 Å². The van der Waals surface area contributed by atoms with Crippen LogP contribution in [0.15, 0.2) is 46.5 Å². The number of carbonyl (C=O) groups is 1. The number of quaternary nitrogens is 1. The topological polar surface area (TPSA) is 33.5 Å². The minimum absolute atomic E-state index is 0.159. The Kier molecular flexibility index (Phi) is 5.31. The fraction of sp³-hybridized carbons (Fsp3) is 0.316. The van der Waals surface area contributed by atoms with Crippen LogP contribution in [0.5, 0.6) is 0 Å². The average Bonchev–Trinajstić information content (AvgIpc) is 3.37. The molecule has 25 heavy (non-hydrogen) atoms. The van der Waals surface area contributed by atoms with Crippen LogP contribution in [0.2, 0.25) is 0 Å². The molecule has 3 nitrogen and oxygen atoms in total. The molecule has 1 aliphatic rings. The highest BCUT2D eigenvalue weighted by Gasteiger charge is 2.34. The van der Waals surface area contributed by atoms with Crippen LogP contribution < -0.4 is 10.2 Å². The smallest absolute Gasteiger partial charge is 0.275 e. The molecule has 3 aromatic heterocycles. The van der Waals surface area contributed by atoms with Crippen molar-refractivity contribution >= 4 is 39.9 Å². The van der Waals surface area contributed by atoms with E-state index in [1.54, 1.807) is 22.7 Å². The van der Waals surface area contributed by atoms with Crippen molar-refractivity contribution in [2.75, 3.05) is 19.6 Å². The Morgan fingerprint density at radius 2 is 2.00 bits per heavy atom. The van der Waals surface area contributed by atoms with Crippen molar-refractivity contribution in [1.29, 1.82) is 0 Å². The summed E-state index contributed by atoms with van der Waals surface area (Å²) in [6.07, 6.45) is 1.99. The summed E-state index contributed by atoms with van der Waals surface area (Å²) in [6, 6.07) is 11.0. The fourth-order valence-electron chi connectivity index (χ4n) is 3.50. The second-order valence-electron chi connectivity index (χ2n) is 6.26. The van der Waals surface area contributed by atoms with E-state index in [1.807, 2.05) is 11.3 Å². The molecule has 2 atom stereocenters. The van der Waals surface area contributed by atoms with Gasteiger partial charge in [-0.2, -0.15) is 0 Å². The first-order valence-electron chi connectivity index (χ1n) is 8.54. The minimum atomic E-state index is 0.159. The van der Waals surface area contributed by atoms with Gasteiger partial charge in [-0.05, 0) is 40.8 Å². The van der Waals surface area contributed by atoms with E-state index >= 15 is 0 Å². The zero-order valence-electron chi connectivity index (χ0n) is 13.9. The molecule has 1 unspecified atom stereocenters. The largest absolute Gasteiger partial charge is 0.351 e. The van der Waals surface area contributed by atoms with Gasteiger partial charge >= 0.3 is 0 Å². The summed E-state index contributed by atoms with van der Waals surface area (Å²) in [5, 5.41) is 9.51. The lowest BCUT2D eigenvalue weighted by Gasteiger charge is -2.31. The highest BCUT2D eigenvalue weighted by molar-refractivity contribution is 7.10. The Morgan fingerprint density at radius 3 is 2.80 bits per heavy atom. The summed E-state index contributed by atoms with van der Waals surface area (Å²) in [7, 11) is 0. The molecule has 0 saturated heterocycles. The molecule has 1 aliphatic heterocycles. The van der Waals surface area contributed by atoms with Crippen molar-refractivity contribution in [2.24, 2.45) is 0 Å². The number of fused-ring (bicyclic) bond motifs is 1. The normalized spacial score (nSPS) is 19.5. The minimum Gasteiger partial charge on any atom is -0.351 e. The Morgan fingerprint density at radius 1 is 1.12 bits per heavy atom. The van der Waals surface area contributed by atoms with Crippen LogP contribution in [0.1, 0.15) is 26.2 Å². The molecule has 3 aromatic rings. The molecule has 130 valence electrons. The van der Waals surface area contributed by atoms with Gasteiger partial charge in [0.25, 0.3) is 5.91 Å². The lowest BCUT2D eigenvalue weighted by molar-refractivity contribution is -0.919. The standard InChI is InChI=1S/C19H20N2OS3/c22-18(20-8-5-14-3-1-10-23-14)13-21-9-6-16-15(7-12-25-16)19(21)17-4-2-11-24-17/h1-4,7,10-12,19H,5-6,8-9,13H2,(H,20,22)/p+1/t19-/m0/s1. The highest BCUT2D eigenvalue weighted by atomic mass is 32.1. The van der Waals surface area contributed by atoms with Crippen LogP contribution in [0, 0.1) is 0 Å². The van der Waals surface area contributed by atoms with Crippen LogP contribution in [0.25, 0.3) is 0 Å². The molecular formula is C19H21N2OS3+. The van der Waals surface area contributed by atoms with E-state index in [0.717, 1.165) is 25.9 Å². The number of nitrogens with one attached hydrogen (secondary N) is 2. The average molecular weight is 390 g/mol. The number of amides is 1. The van der Waals surface area contributed by atoms with Gasteiger partial charge in [-0.25, -0.2) is 0 Å². The summed E-state index contributed by atoms with van der Waals surface area (Å²) < 4.78 is 0. The monoisotopic (exact) mass is 389 g/mol. The lowest BCUT2D eigenvalue weighted by atomic mass is 9.98. The van der Waals surface area contributed by atoms with E-state index < -0.39 is 0 Å². The van der Waals surface area contributed by atoms with Crippen molar-refractivity contribution in [3.05, 3.63) is 66.7 Å². The number of thiophene rings is 3. The van der Waals surface area contributed by atoms with Gasteiger partial charge in [0.05, 0.1) is 11.4 Å². The summed E-state index contributed by atoms with van der Waals surface area (Å²) in [4.78, 5) is 18.0. The van der Waals surface area contributed by atoms with Crippen LogP contribution in [-0.4, -0.2) is 25.5 Å². The second kappa shape index (κ2) is 7.83. The summed E-state index contributed by atoms with van der Waals surface area (Å²) in [6.45, 7) is 2.29. The first-order valence-corrected chi connectivity index (χ1v) is 11.2. The second-order valence-corrected chi connectivity index (χ2v) is 9.27. The van der Waals surface area contributed by atoms with Crippen molar-refractivity contribution in [2.45, 2.75) is 18.9 Å². The maximum absolute atomic E-state index is 12.5. The Bertz CT molecular complexity index is 808. The molecule has 2 N–H and O–H groups in total. The first-order chi connectivity index (χ1) is 12.3. The number of hydrogen-bond donors (Lipinski definition) is 2.